The monoisotopic (exact) mass is 2180 g/mol. The lowest BCUT2D eigenvalue weighted by atomic mass is 10.2. The van der Waals surface area contributed by atoms with Crippen molar-refractivity contribution in [3.63, 3.8) is 0 Å². The number of amides is 6. The average molecular weight is 2180 g/mol. The highest BCUT2D eigenvalue weighted by atomic mass is 32.2. The number of thiol groups is 2. The Labute approximate surface area is 939 Å². The van der Waals surface area contributed by atoms with Gasteiger partial charge in [0, 0.05) is 164 Å². The van der Waals surface area contributed by atoms with Crippen LogP contribution in [0, 0.1) is 0 Å². The summed E-state index contributed by atoms with van der Waals surface area (Å²) in [6.07, 6.45) is 11.8. The van der Waals surface area contributed by atoms with E-state index in [1.54, 1.807) is 104 Å². The van der Waals surface area contributed by atoms with Crippen LogP contribution in [0.5, 0.6) is 0 Å². The molecule has 3 aliphatic rings. The minimum Gasteiger partial charge on any atom is -0.444 e. The van der Waals surface area contributed by atoms with Crippen LogP contribution in [0.4, 0.5) is 59.0 Å². The molecule has 10 rings (SSSR count). The van der Waals surface area contributed by atoms with Gasteiger partial charge in [0.05, 0.1) is 39.6 Å². The molecule has 7 aromatic carbocycles. The van der Waals surface area contributed by atoms with E-state index in [-0.39, 0.29) is 93.9 Å². The zero-order chi connectivity index (χ0) is 111. The number of methoxy groups -OCH3 is 1. The van der Waals surface area contributed by atoms with Crippen LogP contribution in [0.2, 0.25) is 0 Å². The van der Waals surface area contributed by atoms with Gasteiger partial charge in [0.2, 0.25) is 5.91 Å². The summed E-state index contributed by atoms with van der Waals surface area (Å²) in [5.41, 5.74) is 10.5. The Morgan fingerprint density at radius 3 is 0.678 bits per heavy atom. The number of aldehydes is 2. The van der Waals surface area contributed by atoms with Gasteiger partial charge in [-0.05, 0) is 319 Å². The minimum absolute atomic E-state index is 0. The molecule has 12 N–H and O–H groups in total. The van der Waals surface area contributed by atoms with Gasteiger partial charge in [-0.15, -0.1) is 84.1 Å². The number of nitrogens with two attached hydrogens (primary N) is 1. The number of imide groups is 1. The number of hydrogen-bond donors (Lipinski definition) is 13. The molecular weight excluding hydrogens is 1970 g/mol. The zero-order valence-corrected chi connectivity index (χ0v) is 103. The molecule has 0 saturated carbocycles. The molecule has 39 heteroatoms. The molecule has 3 saturated heterocycles. The van der Waals surface area contributed by atoms with Crippen LogP contribution >= 0.6 is 84.1 Å². The Kier molecular flexibility index (Phi) is 170. The number of benzene rings is 7. The van der Waals surface area contributed by atoms with E-state index in [0.717, 1.165) is 95.3 Å². The van der Waals surface area contributed by atoms with Gasteiger partial charge in [-0.3, -0.25) is 26.1 Å². The smallest absolute Gasteiger partial charge is 0.412 e. The van der Waals surface area contributed by atoms with Crippen molar-refractivity contribution in [1.29, 1.82) is 0 Å². The van der Waals surface area contributed by atoms with Gasteiger partial charge in [-0.2, -0.15) is 0 Å². The van der Waals surface area contributed by atoms with Crippen LogP contribution in [0.1, 0.15) is 254 Å². The van der Waals surface area contributed by atoms with Gasteiger partial charge in [0.15, 0.2) is 12.6 Å². The van der Waals surface area contributed by atoms with Gasteiger partial charge in [0.25, 0.3) is 0 Å². The summed E-state index contributed by atoms with van der Waals surface area (Å²) in [6.45, 7) is 73.1. The van der Waals surface area contributed by atoms with Crippen molar-refractivity contribution in [1.82, 2.24) is 10.6 Å². The second kappa shape index (κ2) is 135. The fraction of sp³-hybridized carbons (Fsp3) is 0.542. The molecule has 1 atom stereocenters. The van der Waals surface area contributed by atoms with Gasteiger partial charge < -0.3 is 84.7 Å². The van der Waals surface area contributed by atoms with Crippen LogP contribution in [0.25, 0.3) is 0 Å². The lowest BCUT2D eigenvalue weighted by Gasteiger charge is -2.19. The topological polar surface area (TPSA) is 356 Å². The Bertz CT molecular complexity index is 3600. The number of rotatable bonds is 15. The van der Waals surface area contributed by atoms with Crippen molar-refractivity contribution in [2.24, 2.45) is 0 Å². The van der Waals surface area contributed by atoms with Crippen molar-refractivity contribution in [3.05, 3.63) is 170 Å². The first kappa shape index (κ1) is 183. The number of aliphatic hydroxyl groups excluding tert-OH is 2. The van der Waals surface area contributed by atoms with E-state index in [1.165, 1.54) is 52.0 Å². The SMILES string of the molecule is CC.CC.CC.CC.CC.CC.CC.CC.CC(C)(C)OC(=O)Nc1ccc(S)cc1.CC1NC(=O)NC1=O.CC1OCCO1.CC1OCCO1.CC=O.CC=O.CCC.CCNc1ccc(SC)cc1.CCNc1ccc(SC)cc1.CCNc1ccc(SC)cc1.COC.CSc1ccc(NC(=O)OC(C)(C)C)cc1.CSc1ccc(NC(=O)OC(C)(C)C)cc1.Nc1ccc(S)cc1.OCCO.[2HH].[2HH].[2HH].[2HH].[B].[B].[B].[B].[B].[B]. The maximum Gasteiger partial charge on any atom is 0.412 e. The van der Waals surface area contributed by atoms with E-state index < -0.39 is 41.1 Å². The first-order chi connectivity index (χ1) is 66.6. The number of ether oxygens (including phenoxy) is 8. The number of aliphatic hydroxyl groups is 2. The first-order valence-corrected chi connectivity index (χ1v) is 54.9. The van der Waals surface area contributed by atoms with E-state index in [1.807, 2.05) is 272 Å². The normalized spacial score (nSPS) is 10.8. The van der Waals surface area contributed by atoms with E-state index in [4.69, 9.17) is 58.7 Å². The van der Waals surface area contributed by atoms with E-state index in [0.29, 0.717) is 5.69 Å². The molecule has 18 radical (unpaired) electrons. The minimum atomic E-state index is -0.479. The Morgan fingerprint density at radius 2 is 0.562 bits per heavy atom. The zero-order valence-electron chi connectivity index (χ0n) is 97.1. The van der Waals surface area contributed by atoms with Crippen LogP contribution < -0.4 is 48.3 Å². The first-order valence-electron chi connectivity index (χ1n) is 47.9. The lowest BCUT2D eigenvalue weighted by Crippen LogP contribution is -2.27. The maximum atomic E-state index is 11.4. The van der Waals surface area contributed by atoms with Gasteiger partial charge in [-0.25, -0.2) is 19.2 Å². The summed E-state index contributed by atoms with van der Waals surface area (Å²) in [5, 5.41) is 37.4. The van der Waals surface area contributed by atoms with Crippen molar-refractivity contribution in [2.75, 3.05) is 142 Å². The molecule has 3 aliphatic heterocycles. The van der Waals surface area contributed by atoms with E-state index >= 15 is 0 Å². The number of carbonyl (C=O) groups excluding carboxylic acids is 7. The molecule has 6 amide bonds. The highest BCUT2D eigenvalue weighted by Crippen LogP contribution is 2.23. The molecule has 146 heavy (non-hydrogen) atoms. The molecule has 26 nitrogen and oxygen atoms in total. The average Bonchev–Trinajstić information content (AvgIpc) is 1.65. The van der Waals surface area contributed by atoms with Crippen LogP contribution in [-0.4, -0.2) is 244 Å². The van der Waals surface area contributed by atoms with Crippen molar-refractivity contribution >= 4 is 217 Å². The third-order valence-electron chi connectivity index (χ3n) is 12.9. The standard InChI is InChI=1S/2C12H17NO2S.C11H15NO2S.3C9H13NS.C6H7NS.C4H6N2O2.2C4H8O2.C3H8.C2H6O2.C2H6O.2C2H4O.8C2H6.6B.4H2/c2*1-12(2,3)15-11(14)13-9-5-7-10(16-4)8-6-9;1-11(2,3)14-10(13)12-8-4-6-9(15)7-5-8;3*1-3-10-8-4-6-9(11-2)7-5-8;7-5-1-3-6(8)4-2-5;1-2-3(7)6-4(8)5-2;2*1-4-5-2-3-6-4;1-3-2;3-1-2-4;1-3-2;2*1-2-3;8*1-2;;;;;;;;;;/h2*5-8H,1-4H3,(H,13,14);4-7,15H,1-3H3,(H,12,13);3*4-7,10H,3H2,1-2H3;1-4,8H,7H2;2H,1H3,(H2,5,6,7,8);2*4H,2-3H2,1H3;3H2,1-2H3;3-4H,1-2H2;1-2H3;2*2H,1H3;8*1-2H3;;;;;;;4*1H/i;;;;;;;;;;;;;;;;;;;;;;;;;;;;;4*1+1. The Morgan fingerprint density at radius 1 is 0.390 bits per heavy atom. The highest BCUT2D eigenvalue weighted by Gasteiger charge is 2.24. The summed E-state index contributed by atoms with van der Waals surface area (Å²) in [6, 6.07) is 54.4. The number of hydrogen-bond acceptors (Lipinski definition) is 28. The number of urea groups is 1. The predicted octanol–water partition coefficient (Wildman–Crippen LogP) is 28.9. The molecule has 7 aromatic rings. The largest absolute Gasteiger partial charge is 0.444 e. The van der Waals surface area contributed by atoms with E-state index in [2.05, 4.69) is 199 Å². The summed E-state index contributed by atoms with van der Waals surface area (Å²) >= 11 is 16.9. The van der Waals surface area contributed by atoms with Crippen molar-refractivity contribution in [3.8, 4) is 0 Å². The fourth-order valence-electron chi connectivity index (χ4n) is 7.84. The molecule has 3 heterocycles. The number of thioether (sulfide) groups is 5. The summed E-state index contributed by atoms with van der Waals surface area (Å²) < 4.78 is 39.4. The fourth-order valence-corrected chi connectivity index (χ4v) is 10.2. The summed E-state index contributed by atoms with van der Waals surface area (Å²) in [4.78, 5) is 80.5. The molecule has 0 aliphatic carbocycles. The van der Waals surface area contributed by atoms with Gasteiger partial charge in [-0.1, -0.05) is 131 Å². The molecule has 836 valence electrons. The van der Waals surface area contributed by atoms with Crippen LogP contribution in [0.15, 0.2) is 204 Å². The maximum absolute atomic E-state index is 11.4. The predicted molar refractivity (Wildman–Crippen MR) is 664 cm³/mol. The van der Waals surface area contributed by atoms with Crippen LogP contribution in [0.3, 0.4) is 0 Å². The summed E-state index contributed by atoms with van der Waals surface area (Å²) in [7, 11) is 3.25. The molecule has 0 aromatic heterocycles. The third-order valence-corrected chi connectivity index (χ3v) is 17.3. The molecule has 0 spiro atoms. The van der Waals surface area contributed by atoms with Crippen LogP contribution in [-0.2, 0) is 52.3 Å². The second-order valence-electron chi connectivity index (χ2n) is 27.6. The third kappa shape index (κ3) is 136. The quantitative estimate of drug-likeness (QED) is 0.00862. The summed E-state index contributed by atoms with van der Waals surface area (Å²) in [5.74, 6) is -0.255. The van der Waals surface area contributed by atoms with E-state index in [9.17, 15) is 24.0 Å². The van der Waals surface area contributed by atoms with Crippen molar-refractivity contribution in [2.45, 2.75) is 318 Å². The van der Waals surface area contributed by atoms with Gasteiger partial charge in [0.1, 0.15) is 35.4 Å². The number of carbonyl (C=O) groups is 7. The molecule has 1 unspecified atom stereocenters. The lowest BCUT2D eigenvalue weighted by molar-refractivity contribution is -0.119. The molecular formula is C107H201B6N9O17S7. The number of nitrogens with one attached hydrogen (secondary N) is 8. The Balaban J connectivity index is -0.0000000552. The number of nitrogen functional groups attached to an aromatic ring is 1. The van der Waals surface area contributed by atoms with Gasteiger partial charge >= 0.3 is 24.3 Å². The molecule has 0 bridgehead atoms. The highest BCUT2D eigenvalue weighted by molar-refractivity contribution is 7.99. The second-order valence-corrected chi connectivity index (χ2v) is 33.0. The van der Waals surface area contributed by atoms with Crippen molar-refractivity contribution < 1.29 is 87.4 Å². The number of anilines is 7. The Hall–Kier alpha value is -7.61. The molecule has 3 fully saturated rings.